The van der Waals surface area contributed by atoms with Gasteiger partial charge in [-0.25, -0.2) is 8.78 Å². The second-order valence-corrected chi connectivity index (χ2v) is 4.11. The van der Waals surface area contributed by atoms with Crippen LogP contribution in [0.1, 0.15) is 25.7 Å². The van der Waals surface area contributed by atoms with Crippen LogP contribution in [0.5, 0.6) is 0 Å². The molecule has 1 saturated heterocycles. The average Bonchev–Trinajstić information content (AvgIpc) is 2.31. The molecule has 0 spiro atoms. The zero-order valence-electron chi connectivity index (χ0n) is 8.81. The second-order valence-electron chi connectivity index (χ2n) is 4.11. The van der Waals surface area contributed by atoms with Crippen LogP contribution in [0.4, 0.5) is 8.78 Å². The summed E-state index contributed by atoms with van der Waals surface area (Å²) in [5.41, 5.74) is 0. The molecule has 1 aliphatic heterocycles. The van der Waals surface area contributed by atoms with Gasteiger partial charge in [0.25, 0.3) is 6.43 Å². The highest BCUT2D eigenvalue weighted by atomic mass is 19.3. The lowest BCUT2D eigenvalue weighted by atomic mass is 10.1. The molecule has 84 valence electrons. The number of hydrogen-bond acceptors (Lipinski definition) is 2. The molecule has 0 radical (unpaired) electrons. The number of likely N-dealkylation sites (N-methyl/N-ethyl adjacent to an activating group) is 1. The first-order chi connectivity index (χ1) is 6.68. The number of alkyl halides is 2. The zero-order chi connectivity index (χ0) is 10.4. The highest BCUT2D eigenvalue weighted by Gasteiger charge is 2.15. The van der Waals surface area contributed by atoms with Gasteiger partial charge >= 0.3 is 0 Å². The Hall–Kier alpha value is -0.220. The van der Waals surface area contributed by atoms with E-state index in [1.165, 1.54) is 19.3 Å². The van der Waals surface area contributed by atoms with E-state index >= 15 is 0 Å². The van der Waals surface area contributed by atoms with Crippen LogP contribution in [-0.4, -0.2) is 44.0 Å². The van der Waals surface area contributed by atoms with E-state index in [0.717, 1.165) is 19.5 Å². The number of hydrogen-bond donors (Lipinski definition) is 1. The zero-order valence-corrected chi connectivity index (χ0v) is 8.81. The maximum absolute atomic E-state index is 12.1. The largest absolute Gasteiger partial charge is 0.313 e. The van der Waals surface area contributed by atoms with Crippen LogP contribution in [0.15, 0.2) is 0 Å². The quantitative estimate of drug-likeness (QED) is 0.753. The van der Waals surface area contributed by atoms with E-state index < -0.39 is 6.43 Å². The predicted octanol–water partition coefficient (Wildman–Crippen LogP) is 1.72. The fourth-order valence-electron chi connectivity index (χ4n) is 1.94. The van der Waals surface area contributed by atoms with Crippen LogP contribution in [-0.2, 0) is 0 Å². The molecule has 0 aliphatic carbocycles. The molecule has 2 nitrogen and oxygen atoms in total. The van der Waals surface area contributed by atoms with Gasteiger partial charge in [-0.3, -0.25) is 4.90 Å². The normalized spacial score (nSPS) is 24.2. The summed E-state index contributed by atoms with van der Waals surface area (Å²) < 4.78 is 24.1. The van der Waals surface area contributed by atoms with Crippen molar-refractivity contribution in [3.63, 3.8) is 0 Å². The van der Waals surface area contributed by atoms with Gasteiger partial charge in [-0.1, -0.05) is 12.8 Å². The van der Waals surface area contributed by atoms with Gasteiger partial charge in [-0.05, 0) is 26.4 Å². The summed E-state index contributed by atoms with van der Waals surface area (Å²) in [6.07, 6.45) is 2.61. The molecule has 1 heterocycles. The lowest BCUT2D eigenvalue weighted by molar-refractivity contribution is 0.0956. The molecule has 1 unspecified atom stereocenters. The van der Waals surface area contributed by atoms with E-state index in [2.05, 4.69) is 5.32 Å². The van der Waals surface area contributed by atoms with Crippen LogP contribution in [0.2, 0.25) is 0 Å². The lowest BCUT2D eigenvalue weighted by Crippen LogP contribution is -2.40. The summed E-state index contributed by atoms with van der Waals surface area (Å²) in [4.78, 5) is 1.72. The molecule has 0 amide bonds. The Morgan fingerprint density at radius 1 is 1.36 bits per heavy atom. The highest BCUT2D eigenvalue weighted by Crippen LogP contribution is 2.09. The van der Waals surface area contributed by atoms with Crippen LogP contribution in [0.25, 0.3) is 0 Å². The second kappa shape index (κ2) is 6.30. The number of nitrogens with zero attached hydrogens (tertiary/aromatic N) is 1. The van der Waals surface area contributed by atoms with Gasteiger partial charge in [0, 0.05) is 12.6 Å². The summed E-state index contributed by atoms with van der Waals surface area (Å²) in [5, 5.41) is 3.40. The average molecular weight is 206 g/mol. The molecule has 1 fully saturated rings. The lowest BCUT2D eigenvalue weighted by Gasteiger charge is -2.23. The molecular formula is C10H20F2N2. The monoisotopic (exact) mass is 206 g/mol. The molecule has 0 aromatic heterocycles. The van der Waals surface area contributed by atoms with Gasteiger partial charge in [-0.15, -0.1) is 0 Å². The molecule has 0 aromatic rings. The van der Waals surface area contributed by atoms with Crippen molar-refractivity contribution in [3.8, 4) is 0 Å². The number of nitrogens with one attached hydrogen (secondary N) is 1. The topological polar surface area (TPSA) is 15.3 Å². The van der Waals surface area contributed by atoms with Crippen LogP contribution in [0, 0.1) is 0 Å². The Morgan fingerprint density at radius 3 is 2.86 bits per heavy atom. The van der Waals surface area contributed by atoms with Gasteiger partial charge in [0.15, 0.2) is 0 Å². The summed E-state index contributed by atoms with van der Waals surface area (Å²) in [6.45, 7) is 1.66. The Balaban J connectivity index is 2.20. The molecule has 14 heavy (non-hydrogen) atoms. The molecule has 1 rings (SSSR count). The van der Waals surface area contributed by atoms with E-state index in [-0.39, 0.29) is 6.54 Å². The molecule has 1 atom stereocenters. The summed E-state index contributed by atoms with van der Waals surface area (Å²) in [7, 11) is 1.76. The van der Waals surface area contributed by atoms with Crippen molar-refractivity contribution < 1.29 is 8.78 Å². The minimum atomic E-state index is -2.22. The van der Waals surface area contributed by atoms with E-state index in [4.69, 9.17) is 0 Å². The first kappa shape index (κ1) is 11.9. The van der Waals surface area contributed by atoms with E-state index in [1.807, 2.05) is 0 Å². The van der Waals surface area contributed by atoms with Gasteiger partial charge in [0.2, 0.25) is 0 Å². The fraction of sp³-hybridized carbons (Fsp3) is 1.00. The highest BCUT2D eigenvalue weighted by molar-refractivity contribution is 4.73. The maximum Gasteiger partial charge on any atom is 0.251 e. The Bertz CT molecular complexity index is 145. The molecule has 4 heteroatoms. The number of rotatable bonds is 4. The van der Waals surface area contributed by atoms with Crippen molar-refractivity contribution in [1.29, 1.82) is 0 Å². The molecule has 1 aliphatic rings. The fourth-order valence-corrected chi connectivity index (χ4v) is 1.94. The van der Waals surface area contributed by atoms with Crippen molar-refractivity contribution in [1.82, 2.24) is 10.2 Å². The Labute approximate surface area is 84.7 Å². The van der Waals surface area contributed by atoms with Crippen molar-refractivity contribution in [2.24, 2.45) is 0 Å². The first-order valence-corrected chi connectivity index (χ1v) is 5.38. The Morgan fingerprint density at radius 2 is 2.14 bits per heavy atom. The third-order valence-electron chi connectivity index (χ3n) is 2.64. The Kier molecular flexibility index (Phi) is 5.33. The molecule has 1 N–H and O–H groups in total. The minimum absolute atomic E-state index is 0.113. The van der Waals surface area contributed by atoms with Gasteiger partial charge in [-0.2, -0.15) is 0 Å². The maximum atomic E-state index is 12.1. The van der Waals surface area contributed by atoms with Crippen molar-refractivity contribution in [2.75, 3.05) is 26.7 Å². The molecular weight excluding hydrogens is 186 g/mol. The van der Waals surface area contributed by atoms with E-state index in [0.29, 0.717) is 6.04 Å². The summed E-state index contributed by atoms with van der Waals surface area (Å²) >= 11 is 0. The third kappa shape index (κ3) is 4.86. The molecule has 0 saturated carbocycles. The van der Waals surface area contributed by atoms with Gasteiger partial charge < -0.3 is 5.32 Å². The van der Waals surface area contributed by atoms with Crippen molar-refractivity contribution in [2.45, 2.75) is 38.2 Å². The standard InChI is InChI=1S/C10H20F2N2/c1-14(8-10(11)12)7-9-5-3-2-4-6-13-9/h9-10,13H,2-8H2,1H3. The van der Waals surface area contributed by atoms with Crippen molar-refractivity contribution in [3.05, 3.63) is 0 Å². The minimum Gasteiger partial charge on any atom is -0.313 e. The van der Waals surface area contributed by atoms with E-state index in [9.17, 15) is 8.78 Å². The SMILES string of the molecule is CN(CC(F)F)CC1CCCCCN1. The van der Waals surface area contributed by atoms with Gasteiger partial charge in [0.05, 0.1) is 6.54 Å². The van der Waals surface area contributed by atoms with E-state index in [1.54, 1.807) is 11.9 Å². The molecule has 0 aromatic carbocycles. The van der Waals surface area contributed by atoms with Crippen LogP contribution in [0.3, 0.4) is 0 Å². The first-order valence-electron chi connectivity index (χ1n) is 5.38. The summed E-state index contributed by atoms with van der Waals surface area (Å²) in [6, 6.07) is 0.404. The smallest absolute Gasteiger partial charge is 0.251 e. The number of halogens is 2. The van der Waals surface area contributed by atoms with Crippen LogP contribution >= 0.6 is 0 Å². The predicted molar refractivity (Wildman–Crippen MR) is 53.8 cm³/mol. The van der Waals surface area contributed by atoms with Crippen molar-refractivity contribution >= 4 is 0 Å². The van der Waals surface area contributed by atoms with Gasteiger partial charge in [0.1, 0.15) is 0 Å². The van der Waals surface area contributed by atoms with Crippen LogP contribution < -0.4 is 5.32 Å². The summed E-state index contributed by atoms with van der Waals surface area (Å²) in [5.74, 6) is 0. The molecule has 0 bridgehead atoms. The third-order valence-corrected chi connectivity index (χ3v) is 2.64.